The Kier molecular flexibility index (Phi) is 14.4. The summed E-state index contributed by atoms with van der Waals surface area (Å²) in [6.45, 7) is 5.78. The summed E-state index contributed by atoms with van der Waals surface area (Å²) in [5.74, 6) is 0. The highest BCUT2D eigenvalue weighted by Crippen LogP contribution is 2.24. The topological polar surface area (TPSA) is 0 Å². The van der Waals surface area contributed by atoms with Gasteiger partial charge in [-0.1, -0.05) is 115 Å². The first kappa shape index (κ1) is 25.2. The van der Waals surface area contributed by atoms with E-state index in [9.17, 15) is 0 Å². The largest absolute Gasteiger partial charge is 0.322 e. The van der Waals surface area contributed by atoms with Crippen molar-refractivity contribution in [2.45, 2.75) is 123 Å². The number of nitrogens with zero attached hydrogens (tertiary/aromatic N) is 1. The predicted molar refractivity (Wildman–Crippen MR) is 127 cm³/mol. The summed E-state index contributed by atoms with van der Waals surface area (Å²) in [5, 5.41) is 0. The Morgan fingerprint density at radius 2 is 1.04 bits per heavy atom. The number of benzene rings is 1. The van der Waals surface area contributed by atoms with Crippen molar-refractivity contribution in [1.29, 1.82) is 0 Å². The van der Waals surface area contributed by atoms with Crippen molar-refractivity contribution < 1.29 is 4.48 Å². The van der Waals surface area contributed by atoms with Gasteiger partial charge in [0.05, 0.1) is 20.1 Å². The number of hydrogen-bond acceptors (Lipinski definition) is 0. The molecule has 0 radical (unpaired) electrons. The molecule has 1 aromatic carbocycles. The van der Waals surface area contributed by atoms with Crippen LogP contribution >= 0.6 is 0 Å². The van der Waals surface area contributed by atoms with E-state index in [1.807, 2.05) is 0 Å². The average molecular weight is 389 g/mol. The lowest BCUT2D eigenvalue weighted by Gasteiger charge is -2.39. The molecule has 162 valence electrons. The smallest absolute Gasteiger partial charge is 0.104 e. The van der Waals surface area contributed by atoms with Crippen LogP contribution < -0.4 is 0 Å². The predicted octanol–water partition coefficient (Wildman–Crippen LogP) is 8.52. The molecule has 0 aliphatic rings. The lowest BCUT2D eigenvalue weighted by molar-refractivity contribution is -0.928. The molecule has 0 aliphatic carbocycles. The van der Waals surface area contributed by atoms with Crippen LogP contribution in [-0.4, -0.2) is 24.6 Å². The Morgan fingerprint density at radius 1 is 0.607 bits per heavy atom. The van der Waals surface area contributed by atoms with Crippen LogP contribution in [0.15, 0.2) is 30.3 Å². The number of quaternary nitrogens is 1. The third kappa shape index (κ3) is 11.9. The molecule has 1 aromatic rings. The van der Waals surface area contributed by atoms with Gasteiger partial charge in [0.15, 0.2) is 0 Å². The molecule has 0 aliphatic heterocycles. The second-order valence-electron chi connectivity index (χ2n) is 9.54. The van der Waals surface area contributed by atoms with Crippen LogP contribution in [0.5, 0.6) is 0 Å². The molecular formula is C27H50N+. The van der Waals surface area contributed by atoms with E-state index in [4.69, 9.17) is 0 Å². The zero-order valence-electron chi connectivity index (χ0n) is 19.7. The number of rotatable bonds is 18. The van der Waals surface area contributed by atoms with Crippen molar-refractivity contribution in [1.82, 2.24) is 0 Å². The first-order chi connectivity index (χ1) is 13.6. The fraction of sp³-hybridized carbons (Fsp3) is 0.778. The van der Waals surface area contributed by atoms with Gasteiger partial charge in [-0.25, -0.2) is 0 Å². The summed E-state index contributed by atoms with van der Waals surface area (Å²) in [7, 11) is 4.93. The van der Waals surface area contributed by atoms with E-state index >= 15 is 0 Å². The summed E-state index contributed by atoms with van der Waals surface area (Å²) >= 11 is 0. The molecule has 0 saturated carbocycles. The van der Waals surface area contributed by atoms with Gasteiger partial charge in [0.2, 0.25) is 0 Å². The van der Waals surface area contributed by atoms with Crippen molar-refractivity contribution in [3.8, 4) is 0 Å². The van der Waals surface area contributed by atoms with Gasteiger partial charge >= 0.3 is 0 Å². The van der Waals surface area contributed by atoms with Gasteiger partial charge < -0.3 is 4.48 Å². The molecule has 0 saturated heterocycles. The molecule has 0 aromatic heterocycles. The summed E-state index contributed by atoms with van der Waals surface area (Å²) < 4.78 is 1.15. The maximum atomic E-state index is 2.46. The molecule has 0 bridgehead atoms. The molecule has 1 unspecified atom stereocenters. The molecule has 1 atom stereocenters. The van der Waals surface area contributed by atoms with E-state index in [-0.39, 0.29) is 0 Å². The molecule has 0 amide bonds. The van der Waals surface area contributed by atoms with Gasteiger partial charge in [-0.2, -0.15) is 0 Å². The first-order valence-electron chi connectivity index (χ1n) is 12.5. The van der Waals surface area contributed by atoms with Crippen molar-refractivity contribution in [3.63, 3.8) is 0 Å². The first-order valence-corrected chi connectivity index (χ1v) is 12.5. The molecule has 1 heteroatoms. The van der Waals surface area contributed by atoms with Crippen molar-refractivity contribution in [3.05, 3.63) is 35.9 Å². The molecular weight excluding hydrogens is 338 g/mol. The Labute approximate surface area is 177 Å². The highest BCUT2D eigenvalue weighted by Gasteiger charge is 2.27. The van der Waals surface area contributed by atoms with E-state index < -0.39 is 0 Å². The highest BCUT2D eigenvalue weighted by atomic mass is 15.3. The molecule has 1 nitrogen and oxygen atoms in total. The normalized spacial score (nSPS) is 13.0. The van der Waals surface area contributed by atoms with Crippen molar-refractivity contribution in [2.75, 3.05) is 14.1 Å². The molecule has 0 N–H and O–H groups in total. The minimum Gasteiger partial charge on any atom is -0.322 e. The van der Waals surface area contributed by atoms with E-state index in [0.717, 1.165) is 17.1 Å². The maximum Gasteiger partial charge on any atom is 0.104 e. The van der Waals surface area contributed by atoms with E-state index in [1.165, 1.54) is 102 Å². The van der Waals surface area contributed by atoms with E-state index in [1.54, 1.807) is 0 Å². The Hall–Kier alpha value is -0.820. The molecule has 0 spiro atoms. The van der Waals surface area contributed by atoms with Gasteiger partial charge in [-0.3, -0.25) is 0 Å². The second-order valence-corrected chi connectivity index (χ2v) is 9.54. The van der Waals surface area contributed by atoms with Crippen LogP contribution in [-0.2, 0) is 6.54 Å². The SMILES string of the molecule is CCCCCCCCCCCC(CCCCCC)[N+](C)(C)Cc1ccccc1. The minimum atomic E-state index is 0.807. The Balaban J connectivity index is 2.39. The van der Waals surface area contributed by atoms with Gasteiger partial charge in [0.1, 0.15) is 6.54 Å². The van der Waals surface area contributed by atoms with Crippen LogP contribution in [0.4, 0.5) is 0 Å². The molecule has 0 heterocycles. The third-order valence-electron chi connectivity index (χ3n) is 6.45. The number of hydrogen-bond donors (Lipinski definition) is 0. The lowest BCUT2D eigenvalue weighted by Crippen LogP contribution is -2.48. The third-order valence-corrected chi connectivity index (χ3v) is 6.45. The fourth-order valence-electron chi connectivity index (χ4n) is 4.52. The monoisotopic (exact) mass is 388 g/mol. The molecule has 1 rings (SSSR count). The average Bonchev–Trinajstić information content (AvgIpc) is 2.68. The molecule has 0 fully saturated rings. The summed E-state index contributed by atoms with van der Waals surface area (Å²) in [5.41, 5.74) is 1.48. The van der Waals surface area contributed by atoms with E-state index in [0.29, 0.717) is 0 Å². The zero-order chi connectivity index (χ0) is 20.5. The van der Waals surface area contributed by atoms with Crippen LogP contribution in [0.25, 0.3) is 0 Å². The standard InChI is InChI=1S/C27H50N/c1-5-7-9-11-12-13-14-15-20-24-27(23-19-10-8-6-2)28(3,4)25-26-21-17-16-18-22-26/h16-18,21-22,27H,5-15,19-20,23-25H2,1-4H3/q+1. The van der Waals surface area contributed by atoms with Crippen LogP contribution in [0, 0.1) is 0 Å². The Morgan fingerprint density at radius 3 is 1.54 bits per heavy atom. The van der Waals surface area contributed by atoms with Gasteiger partial charge in [0, 0.05) is 5.56 Å². The van der Waals surface area contributed by atoms with Crippen molar-refractivity contribution >= 4 is 0 Å². The lowest BCUT2D eigenvalue weighted by atomic mass is 9.97. The number of unbranched alkanes of at least 4 members (excludes halogenated alkanes) is 11. The molecule has 28 heavy (non-hydrogen) atoms. The quantitative estimate of drug-likeness (QED) is 0.174. The zero-order valence-corrected chi connectivity index (χ0v) is 19.7. The maximum absolute atomic E-state index is 2.46. The summed E-state index contributed by atoms with van der Waals surface area (Å²) in [6.07, 6.45) is 21.3. The van der Waals surface area contributed by atoms with Gasteiger partial charge in [-0.05, 0) is 25.7 Å². The van der Waals surface area contributed by atoms with E-state index in [2.05, 4.69) is 58.3 Å². The highest BCUT2D eigenvalue weighted by molar-refractivity contribution is 5.13. The fourth-order valence-corrected chi connectivity index (χ4v) is 4.52. The van der Waals surface area contributed by atoms with Crippen LogP contribution in [0.3, 0.4) is 0 Å². The van der Waals surface area contributed by atoms with Crippen LogP contribution in [0.1, 0.15) is 116 Å². The second kappa shape index (κ2) is 16.0. The van der Waals surface area contributed by atoms with Crippen LogP contribution in [0.2, 0.25) is 0 Å². The summed E-state index contributed by atoms with van der Waals surface area (Å²) in [4.78, 5) is 0. The van der Waals surface area contributed by atoms with Crippen molar-refractivity contribution in [2.24, 2.45) is 0 Å². The minimum absolute atomic E-state index is 0.807. The van der Waals surface area contributed by atoms with Gasteiger partial charge in [-0.15, -0.1) is 0 Å². The summed E-state index contributed by atoms with van der Waals surface area (Å²) in [6, 6.07) is 11.9. The Bertz CT molecular complexity index is 451. The van der Waals surface area contributed by atoms with Gasteiger partial charge in [0.25, 0.3) is 0 Å².